The quantitative estimate of drug-likeness (QED) is 0.646. The van der Waals surface area contributed by atoms with Crippen LogP contribution in [0.3, 0.4) is 0 Å². The highest BCUT2D eigenvalue weighted by Crippen LogP contribution is 3.02. The Morgan fingerprint density at radius 1 is 1.00 bits per heavy atom. The van der Waals surface area contributed by atoms with Crippen molar-refractivity contribution in [1.29, 1.82) is 0 Å². The predicted octanol–water partition coefficient (Wildman–Crippen LogP) is 5.60. The molecule has 3 nitrogen and oxygen atoms in total. The van der Waals surface area contributed by atoms with Gasteiger partial charge in [-0.15, -0.1) is 0 Å². The first-order valence-corrected chi connectivity index (χ1v) is 9.83. The van der Waals surface area contributed by atoms with E-state index in [1.165, 1.54) is 14.0 Å². The minimum Gasteiger partial charge on any atom is -0.280 e. The monoisotopic (exact) mass is 428 g/mol. The zero-order chi connectivity index (χ0) is 21.2. The molecule has 28 heavy (non-hydrogen) atoms. The summed E-state index contributed by atoms with van der Waals surface area (Å²) >= 11 is 0. The van der Waals surface area contributed by atoms with Crippen LogP contribution in [0.4, 0.5) is 28.2 Å². The second-order valence-electron chi connectivity index (χ2n) is 6.81. The zero-order valence-electron chi connectivity index (χ0n) is 14.5. The Hall–Kier alpha value is -2.27. The minimum absolute atomic E-state index is 0.0290. The van der Waals surface area contributed by atoms with E-state index in [1.54, 1.807) is 0 Å². The van der Waals surface area contributed by atoms with Gasteiger partial charge in [0.25, 0.3) is 0 Å². The Kier molecular flexibility index (Phi) is 3.95. The van der Waals surface area contributed by atoms with E-state index in [2.05, 4.69) is 5.43 Å². The van der Waals surface area contributed by atoms with Crippen molar-refractivity contribution in [2.75, 3.05) is 7.05 Å². The van der Waals surface area contributed by atoms with Crippen LogP contribution < -0.4 is 5.43 Å². The molecule has 154 valence electrons. The average Bonchev–Trinajstić information content (AvgIpc) is 2.75. The van der Waals surface area contributed by atoms with Gasteiger partial charge < -0.3 is 0 Å². The Morgan fingerprint density at radius 2 is 1.57 bits per heavy atom. The van der Waals surface area contributed by atoms with Crippen LogP contribution >= 0.6 is 10.2 Å². The third kappa shape index (κ3) is 3.44. The van der Waals surface area contributed by atoms with Crippen LogP contribution in [-0.2, 0) is 10.3 Å². The van der Waals surface area contributed by atoms with E-state index < -0.39 is 44.1 Å². The summed E-state index contributed by atoms with van der Waals surface area (Å²) in [6, 6.07) is 4.61. The molecular weight excluding hydrogens is 413 g/mol. The number of carbonyl (C=O) groups excluding carboxylic acids is 1. The summed E-state index contributed by atoms with van der Waals surface area (Å²) in [5, 5.41) is 1.02. The number of carbonyl (C=O) groups is 1. The van der Waals surface area contributed by atoms with Crippen molar-refractivity contribution in [2.45, 2.75) is 23.3 Å². The van der Waals surface area contributed by atoms with Gasteiger partial charge in [-0.25, -0.2) is 14.2 Å². The highest BCUT2D eigenvalue weighted by Gasteiger charge is 2.65. The summed E-state index contributed by atoms with van der Waals surface area (Å²) in [5.74, 6) is -3.66. The summed E-state index contributed by atoms with van der Waals surface area (Å²) < 4.78 is 92.3. The molecule has 1 saturated heterocycles. The summed E-state index contributed by atoms with van der Waals surface area (Å²) in [7, 11) is -8.54. The fourth-order valence-electron chi connectivity index (χ4n) is 3.43. The topological polar surface area (TPSA) is 32.3 Å². The summed E-state index contributed by atoms with van der Waals surface area (Å²) in [5.41, 5.74) is 1.10. The van der Waals surface area contributed by atoms with Crippen LogP contribution in [0.25, 0.3) is 0 Å². The fourth-order valence-corrected chi connectivity index (χ4v) is 4.08. The lowest BCUT2D eigenvalue weighted by Gasteiger charge is -2.40. The molecule has 0 spiro atoms. The van der Waals surface area contributed by atoms with E-state index in [-0.39, 0.29) is 23.3 Å². The Labute approximate surface area is 155 Å². The molecule has 2 atom stereocenters. The third-order valence-corrected chi connectivity index (χ3v) is 5.87. The van der Waals surface area contributed by atoms with Gasteiger partial charge in [-0.3, -0.25) is 9.80 Å². The number of hydrogen-bond acceptors (Lipinski definition) is 2. The highest BCUT2D eigenvalue weighted by atomic mass is 32.5. The fraction of sp³-hybridized carbons (Fsp3) is 0.235. The summed E-state index contributed by atoms with van der Waals surface area (Å²) in [6.45, 7) is 1.41. The number of rotatable bonds is 3. The van der Waals surface area contributed by atoms with E-state index in [0.717, 1.165) is 29.3 Å². The minimum atomic E-state index is -9.87. The number of halogens is 7. The lowest BCUT2D eigenvalue weighted by molar-refractivity contribution is -0.129. The first kappa shape index (κ1) is 20.5. The van der Waals surface area contributed by atoms with Gasteiger partial charge in [-0.2, -0.15) is 0 Å². The molecule has 3 rings (SSSR count). The molecule has 1 fully saturated rings. The van der Waals surface area contributed by atoms with Crippen molar-refractivity contribution in [1.82, 2.24) is 10.4 Å². The SMILES string of the molecule is CN1N[C@](C)(c2ccc(F)cc2F)[C@@H](c2ccc(S(F)(F)(F)(F)F)cc2)C1=O. The van der Waals surface area contributed by atoms with Crippen LogP contribution in [0.2, 0.25) is 0 Å². The maximum Gasteiger partial charge on any atom is 0.310 e. The zero-order valence-corrected chi connectivity index (χ0v) is 15.3. The molecule has 2 aromatic carbocycles. The third-order valence-electron chi connectivity index (χ3n) is 4.70. The van der Waals surface area contributed by atoms with E-state index >= 15 is 0 Å². The molecule has 1 N–H and O–H groups in total. The molecule has 0 radical (unpaired) electrons. The van der Waals surface area contributed by atoms with Gasteiger partial charge in [0.15, 0.2) is 0 Å². The van der Waals surface area contributed by atoms with E-state index in [4.69, 9.17) is 0 Å². The second kappa shape index (κ2) is 5.41. The molecule has 0 aliphatic carbocycles. The molecule has 0 aromatic heterocycles. The maximum absolute atomic E-state index is 14.4. The molecule has 0 unspecified atom stereocenters. The van der Waals surface area contributed by atoms with Crippen molar-refractivity contribution >= 4 is 16.1 Å². The van der Waals surface area contributed by atoms with E-state index in [1.807, 2.05) is 0 Å². The van der Waals surface area contributed by atoms with Gasteiger partial charge in [-0.05, 0) is 30.7 Å². The average molecular weight is 428 g/mol. The molecule has 1 aliphatic rings. The van der Waals surface area contributed by atoms with Gasteiger partial charge in [0.2, 0.25) is 5.91 Å². The standard InChI is InChI=1S/C17H15F7N2OS/c1-17(13-8-5-11(18)9-14(13)19)15(16(27)26(2)25-17)10-3-6-12(7-4-10)28(20,21,22,23)24/h3-9,15,25H,1-2H3/t15-,17+/m0/s1. The van der Waals surface area contributed by atoms with Crippen LogP contribution in [0.5, 0.6) is 0 Å². The Balaban J connectivity index is 2.12. The molecule has 0 bridgehead atoms. The largest absolute Gasteiger partial charge is 0.310 e. The number of benzene rings is 2. The highest BCUT2D eigenvalue weighted by molar-refractivity contribution is 8.45. The van der Waals surface area contributed by atoms with Crippen molar-refractivity contribution in [2.24, 2.45) is 0 Å². The van der Waals surface area contributed by atoms with Crippen molar-refractivity contribution in [3.8, 4) is 0 Å². The van der Waals surface area contributed by atoms with Gasteiger partial charge in [0.1, 0.15) is 16.5 Å². The first-order chi connectivity index (χ1) is 12.5. The maximum atomic E-state index is 14.4. The van der Waals surface area contributed by atoms with Gasteiger partial charge in [-0.1, -0.05) is 37.6 Å². The Morgan fingerprint density at radius 3 is 2.07 bits per heavy atom. The summed E-state index contributed by atoms with van der Waals surface area (Å²) in [4.78, 5) is 10.5. The van der Waals surface area contributed by atoms with Crippen LogP contribution in [0, 0.1) is 11.6 Å². The molecule has 1 amide bonds. The molecule has 1 aliphatic heterocycles. The van der Waals surface area contributed by atoms with Crippen LogP contribution in [0.1, 0.15) is 24.0 Å². The molecule has 0 saturated carbocycles. The lowest BCUT2D eigenvalue weighted by atomic mass is 9.77. The van der Waals surface area contributed by atoms with Crippen molar-refractivity contribution in [3.63, 3.8) is 0 Å². The van der Waals surface area contributed by atoms with Gasteiger partial charge in [0, 0.05) is 18.7 Å². The molecule has 11 heteroatoms. The van der Waals surface area contributed by atoms with Gasteiger partial charge in [0.05, 0.1) is 11.5 Å². The second-order valence-corrected chi connectivity index (χ2v) is 9.22. The van der Waals surface area contributed by atoms with Crippen molar-refractivity contribution < 1.29 is 33.0 Å². The number of hydrazine groups is 1. The van der Waals surface area contributed by atoms with E-state index in [0.29, 0.717) is 6.07 Å². The number of amides is 1. The first-order valence-electron chi connectivity index (χ1n) is 7.88. The summed E-state index contributed by atoms with van der Waals surface area (Å²) in [6.07, 6.45) is 0. The number of nitrogens with zero attached hydrogens (tertiary/aromatic N) is 1. The smallest absolute Gasteiger partial charge is 0.280 e. The molecule has 2 aromatic rings. The lowest BCUT2D eigenvalue weighted by Crippen LogP contribution is -2.42. The van der Waals surface area contributed by atoms with Crippen LogP contribution in [-0.4, -0.2) is 18.0 Å². The Bertz CT molecular complexity index is 963. The number of likely N-dealkylation sites (N-methyl/N-ethyl adjacent to an activating group) is 1. The van der Waals surface area contributed by atoms with Crippen molar-refractivity contribution in [3.05, 3.63) is 65.2 Å². The molecular formula is C17H15F7N2OS. The van der Waals surface area contributed by atoms with Crippen LogP contribution in [0.15, 0.2) is 47.4 Å². The van der Waals surface area contributed by atoms with Gasteiger partial charge >= 0.3 is 10.2 Å². The predicted molar refractivity (Wildman–Crippen MR) is 90.2 cm³/mol. The number of hydrogen-bond donors (Lipinski definition) is 1. The van der Waals surface area contributed by atoms with E-state index in [9.17, 15) is 33.0 Å². The normalized spacial score (nSPS) is 25.5. The molecule has 1 heterocycles. The number of nitrogens with one attached hydrogen (secondary N) is 1.